The molecule has 1 saturated carbocycles. The van der Waals surface area contributed by atoms with Gasteiger partial charge in [0.25, 0.3) is 0 Å². The summed E-state index contributed by atoms with van der Waals surface area (Å²) in [7, 11) is 0. The van der Waals surface area contributed by atoms with Gasteiger partial charge in [0.05, 0.1) is 0 Å². The predicted molar refractivity (Wildman–Crippen MR) is 95.0 cm³/mol. The summed E-state index contributed by atoms with van der Waals surface area (Å²) in [4.78, 5) is 0. The van der Waals surface area contributed by atoms with Gasteiger partial charge in [-0.1, -0.05) is 81.8 Å². The molecular formula is C22H27. The van der Waals surface area contributed by atoms with Crippen LogP contribution >= 0.6 is 0 Å². The predicted octanol–water partition coefficient (Wildman–Crippen LogP) is 5.95. The van der Waals surface area contributed by atoms with Gasteiger partial charge in [-0.05, 0) is 47.3 Å². The first kappa shape index (κ1) is 15.3. The molecule has 0 unspecified atom stereocenters. The molecule has 0 N–H and O–H groups in total. The van der Waals surface area contributed by atoms with Crippen molar-refractivity contribution in [2.45, 2.75) is 51.9 Å². The Morgan fingerprint density at radius 3 is 2.14 bits per heavy atom. The van der Waals surface area contributed by atoms with Gasteiger partial charge in [0.15, 0.2) is 0 Å². The summed E-state index contributed by atoms with van der Waals surface area (Å²) in [6.45, 7) is 6.98. The summed E-state index contributed by atoms with van der Waals surface area (Å²) >= 11 is 0. The third-order valence-electron chi connectivity index (χ3n) is 4.92. The standard InChI is InChI=1S/C22H27/c1-22(2,3)21-15-8-7-14-19(21)20(18-12-9-13-18)16-17-10-5-4-6-11-17/h4-8,10-11,14-15,18H,9,12-13,16H2,1-3H3. The van der Waals surface area contributed by atoms with Crippen LogP contribution in [-0.2, 0) is 11.8 Å². The Morgan fingerprint density at radius 1 is 0.909 bits per heavy atom. The third-order valence-corrected chi connectivity index (χ3v) is 4.92. The van der Waals surface area contributed by atoms with E-state index in [1.165, 1.54) is 36.0 Å². The number of hydrogen-bond acceptors (Lipinski definition) is 0. The summed E-state index contributed by atoms with van der Waals surface area (Å²) < 4.78 is 0. The lowest BCUT2D eigenvalue weighted by Gasteiger charge is -2.36. The van der Waals surface area contributed by atoms with Crippen LogP contribution < -0.4 is 0 Å². The number of benzene rings is 2. The molecule has 2 aromatic rings. The Balaban J connectivity index is 1.96. The molecule has 1 aliphatic rings. The molecule has 0 bridgehead atoms. The first-order chi connectivity index (χ1) is 10.6. The Labute approximate surface area is 135 Å². The van der Waals surface area contributed by atoms with E-state index in [4.69, 9.17) is 0 Å². The van der Waals surface area contributed by atoms with E-state index in [1.807, 2.05) is 0 Å². The van der Waals surface area contributed by atoms with Crippen molar-refractivity contribution in [2.75, 3.05) is 0 Å². The van der Waals surface area contributed by atoms with Gasteiger partial charge in [-0.15, -0.1) is 0 Å². The quantitative estimate of drug-likeness (QED) is 0.653. The zero-order valence-electron chi connectivity index (χ0n) is 14.1. The van der Waals surface area contributed by atoms with Crippen LogP contribution in [0.5, 0.6) is 0 Å². The molecule has 0 spiro atoms. The van der Waals surface area contributed by atoms with Crippen LogP contribution in [0, 0.1) is 11.8 Å². The van der Waals surface area contributed by atoms with Crippen molar-refractivity contribution in [3.8, 4) is 0 Å². The van der Waals surface area contributed by atoms with Crippen LogP contribution in [0.2, 0.25) is 0 Å². The van der Waals surface area contributed by atoms with Gasteiger partial charge >= 0.3 is 0 Å². The van der Waals surface area contributed by atoms with Gasteiger partial charge < -0.3 is 0 Å². The monoisotopic (exact) mass is 291 g/mol. The molecule has 22 heavy (non-hydrogen) atoms. The molecule has 0 heterocycles. The highest BCUT2D eigenvalue weighted by molar-refractivity contribution is 5.45. The van der Waals surface area contributed by atoms with E-state index in [-0.39, 0.29) is 5.41 Å². The van der Waals surface area contributed by atoms with Gasteiger partial charge in [-0.3, -0.25) is 0 Å². The maximum absolute atomic E-state index is 2.34. The largest absolute Gasteiger partial charge is 0.0622 e. The van der Waals surface area contributed by atoms with Gasteiger partial charge in [-0.25, -0.2) is 0 Å². The lowest BCUT2D eigenvalue weighted by molar-refractivity contribution is 0.330. The van der Waals surface area contributed by atoms with Crippen molar-refractivity contribution in [2.24, 2.45) is 5.92 Å². The Kier molecular flexibility index (Phi) is 4.38. The van der Waals surface area contributed by atoms with Crippen molar-refractivity contribution in [1.82, 2.24) is 0 Å². The van der Waals surface area contributed by atoms with Gasteiger partial charge in [-0.2, -0.15) is 0 Å². The van der Waals surface area contributed by atoms with Crippen molar-refractivity contribution in [3.05, 3.63) is 77.2 Å². The molecule has 1 aliphatic carbocycles. The van der Waals surface area contributed by atoms with E-state index < -0.39 is 0 Å². The lowest BCUT2D eigenvalue weighted by Crippen LogP contribution is -2.26. The first-order valence-electron chi connectivity index (χ1n) is 8.55. The van der Waals surface area contributed by atoms with Crippen molar-refractivity contribution >= 4 is 0 Å². The second-order valence-corrected chi connectivity index (χ2v) is 7.61. The molecule has 1 fully saturated rings. The minimum Gasteiger partial charge on any atom is -0.0622 e. The van der Waals surface area contributed by atoms with Crippen molar-refractivity contribution in [3.63, 3.8) is 0 Å². The topological polar surface area (TPSA) is 0 Å². The second kappa shape index (κ2) is 6.28. The van der Waals surface area contributed by atoms with E-state index in [0.717, 1.165) is 12.3 Å². The fraction of sp³-hybridized carbons (Fsp3) is 0.409. The maximum atomic E-state index is 2.34. The Bertz CT molecular complexity index is 599. The lowest BCUT2D eigenvalue weighted by atomic mass is 9.68. The van der Waals surface area contributed by atoms with Crippen LogP contribution in [0.15, 0.2) is 54.6 Å². The van der Waals surface area contributed by atoms with E-state index >= 15 is 0 Å². The molecule has 0 atom stereocenters. The van der Waals surface area contributed by atoms with Crippen LogP contribution in [0.3, 0.4) is 0 Å². The molecule has 0 aliphatic heterocycles. The molecule has 115 valence electrons. The zero-order valence-corrected chi connectivity index (χ0v) is 14.1. The van der Waals surface area contributed by atoms with Gasteiger partial charge in [0.2, 0.25) is 0 Å². The SMILES string of the molecule is CC(C)(C)c1ccccc1[C](Cc1ccccc1)C1CCC1. The van der Waals surface area contributed by atoms with E-state index in [9.17, 15) is 0 Å². The highest BCUT2D eigenvalue weighted by atomic mass is 14.4. The first-order valence-corrected chi connectivity index (χ1v) is 8.55. The summed E-state index contributed by atoms with van der Waals surface area (Å²) in [5.41, 5.74) is 4.63. The summed E-state index contributed by atoms with van der Waals surface area (Å²) in [5.74, 6) is 2.44. The zero-order chi connectivity index (χ0) is 15.6. The number of hydrogen-bond donors (Lipinski definition) is 0. The van der Waals surface area contributed by atoms with Gasteiger partial charge in [0.1, 0.15) is 0 Å². The smallest absolute Gasteiger partial charge is 0.0127 e. The summed E-state index contributed by atoms with van der Waals surface area (Å²) in [6.07, 6.45) is 5.21. The van der Waals surface area contributed by atoms with E-state index in [2.05, 4.69) is 75.4 Å². The molecule has 3 rings (SSSR count). The van der Waals surface area contributed by atoms with Crippen molar-refractivity contribution < 1.29 is 0 Å². The van der Waals surface area contributed by atoms with E-state index in [1.54, 1.807) is 5.92 Å². The third kappa shape index (κ3) is 3.27. The average Bonchev–Trinajstić information content (AvgIpc) is 2.45. The second-order valence-electron chi connectivity index (χ2n) is 7.61. The minimum atomic E-state index is 0.197. The fourth-order valence-electron chi connectivity index (χ4n) is 3.45. The minimum absolute atomic E-state index is 0.197. The van der Waals surface area contributed by atoms with Crippen LogP contribution in [0.25, 0.3) is 0 Å². The highest BCUT2D eigenvalue weighted by Gasteiger charge is 2.32. The molecule has 1 radical (unpaired) electrons. The van der Waals surface area contributed by atoms with Gasteiger partial charge in [0, 0.05) is 5.92 Å². The highest BCUT2D eigenvalue weighted by Crippen LogP contribution is 2.43. The van der Waals surface area contributed by atoms with Crippen molar-refractivity contribution in [1.29, 1.82) is 0 Å². The molecule has 2 aromatic carbocycles. The van der Waals surface area contributed by atoms with Crippen LogP contribution in [0.4, 0.5) is 0 Å². The number of rotatable bonds is 4. The molecular weight excluding hydrogens is 264 g/mol. The molecule has 0 heteroatoms. The Morgan fingerprint density at radius 2 is 1.55 bits per heavy atom. The van der Waals surface area contributed by atoms with Crippen LogP contribution in [-0.4, -0.2) is 0 Å². The summed E-state index contributed by atoms with van der Waals surface area (Å²) in [5, 5.41) is 0. The normalized spacial score (nSPS) is 15.8. The maximum Gasteiger partial charge on any atom is 0.0127 e. The average molecular weight is 291 g/mol. The Hall–Kier alpha value is -1.56. The van der Waals surface area contributed by atoms with Crippen LogP contribution in [0.1, 0.15) is 56.7 Å². The van der Waals surface area contributed by atoms with E-state index in [0.29, 0.717) is 0 Å². The molecule has 0 nitrogen and oxygen atoms in total. The molecule has 0 aromatic heterocycles. The molecule has 0 saturated heterocycles. The summed E-state index contributed by atoms with van der Waals surface area (Å²) in [6, 6.07) is 20.0. The molecule has 0 amide bonds. The fourth-order valence-corrected chi connectivity index (χ4v) is 3.45.